The molecule has 0 saturated heterocycles. The van der Waals surface area contributed by atoms with Crippen LogP contribution < -0.4 is 14.6 Å². The number of benzene rings is 3. The van der Waals surface area contributed by atoms with E-state index in [2.05, 4.69) is 15.5 Å². The van der Waals surface area contributed by atoms with E-state index in [1.165, 1.54) is 10.7 Å². The van der Waals surface area contributed by atoms with Crippen LogP contribution in [0.3, 0.4) is 0 Å². The molecule has 34 heavy (non-hydrogen) atoms. The molecule has 2 N–H and O–H groups in total. The summed E-state index contributed by atoms with van der Waals surface area (Å²) in [5.41, 5.74) is 2.55. The van der Waals surface area contributed by atoms with Gasteiger partial charge in [-0.25, -0.2) is 18.2 Å². The highest BCUT2D eigenvalue weighted by molar-refractivity contribution is 7.89. The predicted molar refractivity (Wildman–Crippen MR) is 122 cm³/mol. The van der Waals surface area contributed by atoms with Crippen molar-refractivity contribution >= 4 is 15.8 Å². The van der Waals surface area contributed by atoms with Crippen LogP contribution in [0.4, 0.5) is 0 Å². The Hall–Kier alpha value is -4.09. The van der Waals surface area contributed by atoms with Gasteiger partial charge in [-0.15, -0.1) is 5.10 Å². The maximum absolute atomic E-state index is 12.6. The van der Waals surface area contributed by atoms with Crippen molar-refractivity contribution in [3.63, 3.8) is 0 Å². The van der Waals surface area contributed by atoms with Gasteiger partial charge in [0.05, 0.1) is 24.1 Å². The predicted octanol–water partition coefficient (Wildman–Crippen LogP) is 2.29. The Bertz CT molecular complexity index is 1510. The number of carbonyl (C=O) groups is 1. The molecule has 3 aromatic carbocycles. The second-order valence-electron chi connectivity index (χ2n) is 7.63. The summed E-state index contributed by atoms with van der Waals surface area (Å²) in [5, 5.41) is 17.6. The normalized spacial score (nSPS) is 12.9. The molecule has 11 heteroatoms. The van der Waals surface area contributed by atoms with Gasteiger partial charge in [0.2, 0.25) is 15.8 Å². The van der Waals surface area contributed by atoms with E-state index in [1.807, 2.05) is 24.3 Å². The van der Waals surface area contributed by atoms with E-state index in [-0.39, 0.29) is 35.2 Å². The van der Waals surface area contributed by atoms with Crippen LogP contribution in [0.1, 0.15) is 15.9 Å². The highest BCUT2D eigenvalue weighted by atomic mass is 32.2. The van der Waals surface area contributed by atoms with Crippen LogP contribution in [0.5, 0.6) is 11.5 Å². The molecule has 4 aromatic rings. The van der Waals surface area contributed by atoms with Crippen molar-refractivity contribution in [2.24, 2.45) is 5.14 Å². The Kier molecular flexibility index (Phi) is 5.34. The molecule has 0 amide bonds. The number of hydrogen-bond donors (Lipinski definition) is 1. The average Bonchev–Trinajstić information content (AvgIpc) is 3.45. The topological polar surface area (TPSA) is 139 Å². The van der Waals surface area contributed by atoms with E-state index in [0.717, 1.165) is 5.56 Å². The number of methoxy groups -OCH3 is 1. The van der Waals surface area contributed by atoms with Gasteiger partial charge in [0.15, 0.2) is 12.4 Å². The number of carbonyl (C=O) groups excluding carboxylic acids is 1. The van der Waals surface area contributed by atoms with E-state index in [1.54, 1.807) is 37.4 Å². The molecule has 0 aliphatic carbocycles. The van der Waals surface area contributed by atoms with Crippen molar-refractivity contribution in [3.8, 4) is 34.0 Å². The Morgan fingerprint density at radius 1 is 1.03 bits per heavy atom. The molecule has 0 unspecified atom stereocenters. The summed E-state index contributed by atoms with van der Waals surface area (Å²) in [6.45, 7) is 0.193. The standard InChI is InChI=1S/C23H19N5O5S/c1-32-15-10-8-14(9-11-15)12-28-23(25-26-27-28)21-16(4-3-7-20(21)34(24,30)31)17-5-2-6-18-19(29)13-33-22(17)18/h2-11H,12-13H2,1H3,(H2,24,30,31). The fourth-order valence-electron chi connectivity index (χ4n) is 3.96. The van der Waals surface area contributed by atoms with Gasteiger partial charge in [0.25, 0.3) is 0 Å². The Morgan fingerprint density at radius 3 is 2.47 bits per heavy atom. The molecule has 2 heterocycles. The third kappa shape index (κ3) is 3.80. The van der Waals surface area contributed by atoms with Gasteiger partial charge in [-0.3, -0.25) is 4.79 Å². The quantitative estimate of drug-likeness (QED) is 0.446. The minimum atomic E-state index is -4.15. The van der Waals surface area contributed by atoms with Gasteiger partial charge in [0.1, 0.15) is 11.5 Å². The number of ether oxygens (including phenoxy) is 2. The number of primary sulfonamides is 1. The number of para-hydroxylation sites is 1. The molecule has 1 aliphatic heterocycles. The zero-order valence-electron chi connectivity index (χ0n) is 18.0. The second kappa shape index (κ2) is 8.36. The highest BCUT2D eigenvalue weighted by Gasteiger charge is 2.29. The van der Waals surface area contributed by atoms with Gasteiger partial charge < -0.3 is 9.47 Å². The molecule has 0 atom stereocenters. The summed E-state index contributed by atoms with van der Waals surface area (Å²) in [7, 11) is -2.57. The smallest absolute Gasteiger partial charge is 0.238 e. The molecule has 0 saturated carbocycles. The van der Waals surface area contributed by atoms with Crippen LogP contribution in [0.25, 0.3) is 22.5 Å². The van der Waals surface area contributed by atoms with Crippen LogP contribution in [0.2, 0.25) is 0 Å². The third-order valence-corrected chi connectivity index (χ3v) is 6.49. The number of rotatable bonds is 6. The number of tetrazole rings is 1. The van der Waals surface area contributed by atoms with Crippen molar-refractivity contribution in [1.29, 1.82) is 0 Å². The summed E-state index contributed by atoms with van der Waals surface area (Å²) in [6.07, 6.45) is 0. The molecular weight excluding hydrogens is 458 g/mol. The first kappa shape index (κ1) is 21.7. The molecular formula is C23H19N5O5S. The number of Topliss-reactive ketones (excluding diaryl/α,β-unsaturated/α-hetero) is 1. The Morgan fingerprint density at radius 2 is 1.74 bits per heavy atom. The number of aromatic nitrogens is 4. The lowest BCUT2D eigenvalue weighted by Crippen LogP contribution is -2.15. The number of hydrogen-bond acceptors (Lipinski definition) is 8. The van der Waals surface area contributed by atoms with E-state index in [0.29, 0.717) is 28.2 Å². The number of nitrogens with two attached hydrogens (primary N) is 1. The lowest BCUT2D eigenvalue weighted by molar-refractivity contribution is 0.0961. The number of ketones is 1. The van der Waals surface area contributed by atoms with Crippen LogP contribution in [0.15, 0.2) is 65.6 Å². The molecule has 0 bridgehead atoms. The fourth-order valence-corrected chi connectivity index (χ4v) is 4.71. The Balaban J connectivity index is 1.70. The van der Waals surface area contributed by atoms with Crippen LogP contribution in [-0.2, 0) is 16.6 Å². The van der Waals surface area contributed by atoms with Crippen molar-refractivity contribution in [1.82, 2.24) is 20.2 Å². The van der Waals surface area contributed by atoms with Gasteiger partial charge in [-0.2, -0.15) is 0 Å². The molecule has 0 radical (unpaired) electrons. The third-order valence-electron chi connectivity index (χ3n) is 5.53. The highest BCUT2D eigenvalue weighted by Crippen LogP contribution is 2.42. The summed E-state index contributed by atoms with van der Waals surface area (Å²) < 4.78 is 37.4. The SMILES string of the molecule is COc1ccc(Cn2nnnc2-c2c(-c3cccc4c3OCC4=O)cccc2S(N)(=O)=O)cc1. The lowest BCUT2D eigenvalue weighted by atomic mass is 9.96. The van der Waals surface area contributed by atoms with E-state index in [9.17, 15) is 13.2 Å². The minimum Gasteiger partial charge on any atom is -0.497 e. The fraction of sp³-hybridized carbons (Fsp3) is 0.130. The maximum atomic E-state index is 12.6. The first-order valence-electron chi connectivity index (χ1n) is 10.2. The number of nitrogens with zero attached hydrogens (tertiary/aromatic N) is 4. The van der Waals surface area contributed by atoms with Crippen molar-refractivity contribution in [2.75, 3.05) is 13.7 Å². The maximum Gasteiger partial charge on any atom is 0.238 e. The van der Waals surface area contributed by atoms with E-state index < -0.39 is 10.0 Å². The first-order valence-corrected chi connectivity index (χ1v) is 11.8. The van der Waals surface area contributed by atoms with Crippen molar-refractivity contribution in [2.45, 2.75) is 11.4 Å². The lowest BCUT2D eigenvalue weighted by Gasteiger charge is -2.15. The number of sulfonamides is 1. The molecule has 0 fully saturated rings. The summed E-state index contributed by atoms with van der Waals surface area (Å²) >= 11 is 0. The van der Waals surface area contributed by atoms with Crippen LogP contribution in [-0.4, -0.2) is 48.1 Å². The van der Waals surface area contributed by atoms with Crippen LogP contribution >= 0.6 is 0 Å². The summed E-state index contributed by atoms with van der Waals surface area (Å²) in [4.78, 5) is 12.1. The first-order chi connectivity index (χ1) is 16.4. The van der Waals surface area contributed by atoms with Crippen LogP contribution in [0, 0.1) is 0 Å². The second-order valence-corrected chi connectivity index (χ2v) is 9.16. The Labute approximate surface area is 195 Å². The zero-order chi connectivity index (χ0) is 23.9. The molecule has 10 nitrogen and oxygen atoms in total. The monoisotopic (exact) mass is 477 g/mol. The average molecular weight is 478 g/mol. The van der Waals surface area contributed by atoms with E-state index >= 15 is 0 Å². The molecule has 0 spiro atoms. The van der Waals surface area contributed by atoms with Gasteiger partial charge in [0, 0.05) is 11.1 Å². The largest absolute Gasteiger partial charge is 0.497 e. The van der Waals surface area contributed by atoms with Crippen molar-refractivity contribution < 1.29 is 22.7 Å². The summed E-state index contributed by atoms with van der Waals surface area (Å²) in [5.74, 6) is 1.15. The van der Waals surface area contributed by atoms with Gasteiger partial charge in [-0.05, 0) is 45.8 Å². The molecule has 172 valence electrons. The molecule has 5 rings (SSSR count). The van der Waals surface area contributed by atoms with Gasteiger partial charge >= 0.3 is 0 Å². The molecule has 1 aromatic heterocycles. The zero-order valence-corrected chi connectivity index (χ0v) is 18.8. The van der Waals surface area contributed by atoms with Gasteiger partial charge in [-0.1, -0.05) is 36.4 Å². The van der Waals surface area contributed by atoms with Crippen molar-refractivity contribution in [3.05, 3.63) is 71.8 Å². The van der Waals surface area contributed by atoms with E-state index in [4.69, 9.17) is 14.6 Å². The molecule has 1 aliphatic rings. The number of fused-ring (bicyclic) bond motifs is 1. The summed E-state index contributed by atoms with van der Waals surface area (Å²) in [6, 6.07) is 17.2. The minimum absolute atomic E-state index is 0.0776.